The average Bonchev–Trinajstić information content (AvgIpc) is 1.99. The van der Waals surface area contributed by atoms with Crippen molar-refractivity contribution in [3.05, 3.63) is 0 Å². The molecule has 1 saturated carbocycles. The summed E-state index contributed by atoms with van der Waals surface area (Å²) in [6.45, 7) is 3.48. The van der Waals surface area contributed by atoms with Crippen LogP contribution in [-0.4, -0.2) is 27.5 Å². The Morgan fingerprint density at radius 1 is 1.54 bits per heavy atom. The van der Waals surface area contributed by atoms with E-state index in [9.17, 15) is 9.90 Å². The molecule has 1 aliphatic rings. The third-order valence-corrected chi connectivity index (χ3v) is 3.79. The summed E-state index contributed by atoms with van der Waals surface area (Å²) in [4.78, 5) is 11.6. The SMILES string of the molecule is CC(O)C(C)NC(=O)C1(Br)CCC1. The number of nitrogens with one attached hydrogen (secondary N) is 1. The molecule has 76 valence electrons. The van der Waals surface area contributed by atoms with Crippen molar-refractivity contribution >= 4 is 21.8 Å². The van der Waals surface area contributed by atoms with E-state index >= 15 is 0 Å². The number of aliphatic hydroxyl groups excluding tert-OH is 1. The molecule has 0 heterocycles. The number of amides is 1. The lowest BCUT2D eigenvalue weighted by atomic mass is 9.84. The third-order valence-electron chi connectivity index (χ3n) is 2.64. The summed E-state index contributed by atoms with van der Waals surface area (Å²) in [5.41, 5.74) is 0. The molecule has 0 spiro atoms. The van der Waals surface area contributed by atoms with Crippen molar-refractivity contribution in [1.29, 1.82) is 0 Å². The van der Waals surface area contributed by atoms with Crippen LogP contribution in [-0.2, 0) is 4.79 Å². The molecule has 13 heavy (non-hydrogen) atoms. The lowest BCUT2D eigenvalue weighted by Crippen LogP contribution is -2.51. The van der Waals surface area contributed by atoms with Crippen molar-refractivity contribution in [2.24, 2.45) is 0 Å². The highest BCUT2D eigenvalue weighted by Gasteiger charge is 2.42. The first-order chi connectivity index (χ1) is 5.96. The Morgan fingerprint density at radius 2 is 2.08 bits per heavy atom. The molecule has 0 aromatic carbocycles. The zero-order valence-electron chi connectivity index (χ0n) is 8.01. The van der Waals surface area contributed by atoms with E-state index in [4.69, 9.17) is 0 Å². The Labute approximate surface area is 87.0 Å². The predicted molar refractivity (Wildman–Crippen MR) is 54.8 cm³/mol. The van der Waals surface area contributed by atoms with Crippen LogP contribution in [0.2, 0.25) is 0 Å². The molecule has 0 radical (unpaired) electrons. The van der Waals surface area contributed by atoms with Crippen LogP contribution in [0, 0.1) is 0 Å². The summed E-state index contributed by atoms with van der Waals surface area (Å²) < 4.78 is -0.351. The fourth-order valence-electron chi connectivity index (χ4n) is 1.17. The number of carbonyl (C=O) groups is 1. The van der Waals surface area contributed by atoms with Crippen LogP contribution in [0.4, 0.5) is 0 Å². The Kier molecular flexibility index (Phi) is 3.35. The minimum Gasteiger partial charge on any atom is -0.391 e. The van der Waals surface area contributed by atoms with Gasteiger partial charge in [-0.15, -0.1) is 0 Å². The first-order valence-electron chi connectivity index (χ1n) is 4.64. The van der Waals surface area contributed by atoms with E-state index in [1.807, 2.05) is 0 Å². The van der Waals surface area contributed by atoms with Gasteiger partial charge in [-0.1, -0.05) is 15.9 Å². The Hall–Kier alpha value is -0.0900. The number of hydrogen-bond donors (Lipinski definition) is 2. The van der Waals surface area contributed by atoms with Gasteiger partial charge in [0.25, 0.3) is 0 Å². The largest absolute Gasteiger partial charge is 0.391 e. The quantitative estimate of drug-likeness (QED) is 0.739. The van der Waals surface area contributed by atoms with Crippen molar-refractivity contribution in [1.82, 2.24) is 5.32 Å². The maximum absolute atomic E-state index is 11.6. The van der Waals surface area contributed by atoms with E-state index in [0.717, 1.165) is 19.3 Å². The van der Waals surface area contributed by atoms with Gasteiger partial charge in [0.2, 0.25) is 5.91 Å². The summed E-state index contributed by atoms with van der Waals surface area (Å²) in [6.07, 6.45) is 2.39. The Bertz CT molecular complexity index is 202. The molecule has 1 amide bonds. The number of hydrogen-bond acceptors (Lipinski definition) is 2. The summed E-state index contributed by atoms with van der Waals surface area (Å²) in [5.74, 6) is 0.00662. The van der Waals surface area contributed by atoms with E-state index in [-0.39, 0.29) is 16.3 Å². The van der Waals surface area contributed by atoms with Gasteiger partial charge in [-0.2, -0.15) is 0 Å². The second kappa shape index (κ2) is 3.96. The Balaban J connectivity index is 2.41. The Morgan fingerprint density at radius 3 is 2.38 bits per heavy atom. The zero-order valence-corrected chi connectivity index (χ0v) is 9.60. The molecule has 0 aromatic rings. The van der Waals surface area contributed by atoms with Gasteiger partial charge < -0.3 is 10.4 Å². The van der Waals surface area contributed by atoms with Crippen molar-refractivity contribution < 1.29 is 9.90 Å². The standard InChI is InChI=1S/C9H16BrNO2/c1-6(7(2)12)11-8(13)9(10)4-3-5-9/h6-7,12H,3-5H2,1-2H3,(H,11,13). The second-order valence-electron chi connectivity index (χ2n) is 3.82. The number of carbonyl (C=O) groups excluding carboxylic acids is 1. The topological polar surface area (TPSA) is 49.3 Å². The van der Waals surface area contributed by atoms with E-state index in [2.05, 4.69) is 21.2 Å². The highest BCUT2D eigenvalue weighted by Crippen LogP contribution is 2.40. The van der Waals surface area contributed by atoms with Crippen LogP contribution >= 0.6 is 15.9 Å². The summed E-state index contributed by atoms with van der Waals surface area (Å²) in [7, 11) is 0. The van der Waals surface area contributed by atoms with Crippen LogP contribution in [0.15, 0.2) is 0 Å². The molecule has 0 aromatic heterocycles. The van der Waals surface area contributed by atoms with Gasteiger partial charge in [-0.3, -0.25) is 4.79 Å². The van der Waals surface area contributed by atoms with Gasteiger partial charge in [0.05, 0.1) is 12.1 Å². The number of alkyl halides is 1. The van der Waals surface area contributed by atoms with Gasteiger partial charge in [-0.25, -0.2) is 0 Å². The molecule has 3 nitrogen and oxygen atoms in total. The van der Waals surface area contributed by atoms with Crippen LogP contribution in [0.25, 0.3) is 0 Å². The molecular weight excluding hydrogens is 234 g/mol. The van der Waals surface area contributed by atoms with Gasteiger partial charge in [0.1, 0.15) is 4.32 Å². The number of aliphatic hydroxyl groups is 1. The van der Waals surface area contributed by atoms with Crippen LogP contribution in [0.3, 0.4) is 0 Å². The molecule has 2 unspecified atom stereocenters. The highest BCUT2D eigenvalue weighted by atomic mass is 79.9. The van der Waals surface area contributed by atoms with Crippen molar-refractivity contribution in [3.8, 4) is 0 Å². The monoisotopic (exact) mass is 249 g/mol. The summed E-state index contributed by atoms with van der Waals surface area (Å²) in [6, 6.07) is -0.178. The number of rotatable bonds is 3. The first-order valence-corrected chi connectivity index (χ1v) is 5.43. The third kappa shape index (κ3) is 2.44. The molecule has 0 saturated heterocycles. The minimum absolute atomic E-state index is 0.00662. The first kappa shape index (κ1) is 11.0. The summed E-state index contributed by atoms with van der Waals surface area (Å²) in [5, 5.41) is 12.0. The maximum Gasteiger partial charge on any atom is 0.237 e. The normalized spacial score (nSPS) is 24.3. The predicted octanol–water partition coefficient (Wildman–Crippen LogP) is 1.19. The van der Waals surface area contributed by atoms with Gasteiger partial charge in [0.15, 0.2) is 0 Å². The lowest BCUT2D eigenvalue weighted by molar-refractivity contribution is -0.126. The van der Waals surface area contributed by atoms with Crippen LogP contribution in [0.1, 0.15) is 33.1 Å². The van der Waals surface area contributed by atoms with E-state index in [1.165, 1.54) is 0 Å². The van der Waals surface area contributed by atoms with Crippen LogP contribution in [0.5, 0.6) is 0 Å². The van der Waals surface area contributed by atoms with Crippen molar-refractivity contribution in [2.75, 3.05) is 0 Å². The molecular formula is C9H16BrNO2. The molecule has 1 rings (SSSR count). The molecule has 0 aliphatic heterocycles. The molecule has 2 atom stereocenters. The van der Waals surface area contributed by atoms with Crippen LogP contribution < -0.4 is 5.32 Å². The minimum atomic E-state index is -0.500. The fraction of sp³-hybridized carbons (Fsp3) is 0.889. The maximum atomic E-state index is 11.6. The molecule has 1 aliphatic carbocycles. The van der Waals surface area contributed by atoms with Gasteiger partial charge >= 0.3 is 0 Å². The van der Waals surface area contributed by atoms with Gasteiger partial charge in [-0.05, 0) is 33.1 Å². The number of halogens is 1. The van der Waals surface area contributed by atoms with E-state index < -0.39 is 6.10 Å². The van der Waals surface area contributed by atoms with E-state index in [0.29, 0.717) is 0 Å². The van der Waals surface area contributed by atoms with E-state index in [1.54, 1.807) is 13.8 Å². The summed E-state index contributed by atoms with van der Waals surface area (Å²) >= 11 is 3.42. The van der Waals surface area contributed by atoms with Gasteiger partial charge in [0, 0.05) is 0 Å². The molecule has 4 heteroatoms. The smallest absolute Gasteiger partial charge is 0.237 e. The molecule has 1 fully saturated rings. The second-order valence-corrected chi connectivity index (χ2v) is 5.34. The highest BCUT2D eigenvalue weighted by molar-refractivity contribution is 9.10. The molecule has 2 N–H and O–H groups in total. The lowest BCUT2D eigenvalue weighted by Gasteiger charge is -2.35. The van der Waals surface area contributed by atoms with Crippen molar-refractivity contribution in [2.45, 2.75) is 49.6 Å². The fourth-order valence-corrected chi connectivity index (χ4v) is 1.85. The average molecular weight is 250 g/mol. The van der Waals surface area contributed by atoms with Crippen molar-refractivity contribution in [3.63, 3.8) is 0 Å². The zero-order chi connectivity index (χ0) is 10.1. The molecule has 0 bridgehead atoms.